The molecule has 2 rings (SSSR count). The molecule has 1 unspecified atom stereocenters. The van der Waals surface area contributed by atoms with E-state index in [2.05, 4.69) is 10.4 Å². The lowest BCUT2D eigenvalue weighted by molar-refractivity contribution is 0.0871. The van der Waals surface area contributed by atoms with Crippen molar-refractivity contribution in [3.63, 3.8) is 0 Å². The van der Waals surface area contributed by atoms with Gasteiger partial charge in [-0.25, -0.2) is 0 Å². The first-order chi connectivity index (χ1) is 10.1. The number of carbonyl (C=O) groups is 1. The van der Waals surface area contributed by atoms with Crippen LogP contribution in [0.5, 0.6) is 0 Å². The molecule has 1 aromatic carbocycles. The van der Waals surface area contributed by atoms with Crippen LogP contribution in [-0.4, -0.2) is 33.4 Å². The highest BCUT2D eigenvalue weighted by molar-refractivity contribution is 5.94. The van der Waals surface area contributed by atoms with Crippen LogP contribution in [0.1, 0.15) is 29.8 Å². The molecule has 0 saturated heterocycles. The van der Waals surface area contributed by atoms with Crippen LogP contribution in [0.2, 0.25) is 0 Å². The molecule has 0 radical (unpaired) electrons. The van der Waals surface area contributed by atoms with Gasteiger partial charge in [0.1, 0.15) is 0 Å². The molecule has 5 nitrogen and oxygen atoms in total. The number of aliphatic hydroxyl groups is 1. The van der Waals surface area contributed by atoms with Crippen molar-refractivity contribution in [1.29, 1.82) is 0 Å². The quantitative estimate of drug-likeness (QED) is 0.849. The Hall–Kier alpha value is -2.14. The third-order valence-corrected chi connectivity index (χ3v) is 3.36. The van der Waals surface area contributed by atoms with Crippen molar-refractivity contribution >= 4 is 5.91 Å². The van der Waals surface area contributed by atoms with Crippen LogP contribution in [0.25, 0.3) is 0 Å². The monoisotopic (exact) mass is 287 g/mol. The molecule has 1 amide bonds. The van der Waals surface area contributed by atoms with E-state index in [1.807, 2.05) is 42.9 Å². The van der Waals surface area contributed by atoms with E-state index in [-0.39, 0.29) is 18.4 Å². The highest BCUT2D eigenvalue weighted by Crippen LogP contribution is 2.07. The smallest absolute Gasteiger partial charge is 0.251 e. The van der Waals surface area contributed by atoms with Crippen LogP contribution in [0.4, 0.5) is 0 Å². The minimum atomic E-state index is -0.520. The van der Waals surface area contributed by atoms with Crippen molar-refractivity contribution in [2.75, 3.05) is 6.54 Å². The fourth-order valence-corrected chi connectivity index (χ4v) is 1.88. The van der Waals surface area contributed by atoms with Crippen molar-refractivity contribution in [2.24, 2.45) is 5.92 Å². The topological polar surface area (TPSA) is 67.2 Å². The van der Waals surface area contributed by atoms with Crippen molar-refractivity contribution < 1.29 is 9.90 Å². The molecular formula is C16H21N3O2. The van der Waals surface area contributed by atoms with E-state index < -0.39 is 6.10 Å². The molecule has 0 bridgehead atoms. The Balaban J connectivity index is 1.90. The van der Waals surface area contributed by atoms with Gasteiger partial charge in [-0.2, -0.15) is 5.10 Å². The van der Waals surface area contributed by atoms with Gasteiger partial charge in [0.05, 0.1) is 12.6 Å². The molecule has 0 aliphatic rings. The van der Waals surface area contributed by atoms with Gasteiger partial charge in [0.2, 0.25) is 0 Å². The lowest BCUT2D eigenvalue weighted by Crippen LogP contribution is -2.34. The molecule has 112 valence electrons. The Morgan fingerprint density at radius 3 is 2.62 bits per heavy atom. The van der Waals surface area contributed by atoms with Gasteiger partial charge in [0.25, 0.3) is 5.91 Å². The zero-order valence-electron chi connectivity index (χ0n) is 12.4. The van der Waals surface area contributed by atoms with Crippen LogP contribution in [-0.2, 0) is 6.54 Å². The second-order valence-corrected chi connectivity index (χ2v) is 5.42. The van der Waals surface area contributed by atoms with Gasteiger partial charge < -0.3 is 10.4 Å². The summed E-state index contributed by atoms with van der Waals surface area (Å²) in [5.41, 5.74) is 1.67. The molecule has 0 aliphatic heterocycles. The van der Waals surface area contributed by atoms with E-state index >= 15 is 0 Å². The maximum absolute atomic E-state index is 12.0. The Morgan fingerprint density at radius 1 is 1.33 bits per heavy atom. The third kappa shape index (κ3) is 4.43. The molecule has 5 heteroatoms. The molecule has 1 atom stereocenters. The highest BCUT2D eigenvalue weighted by Gasteiger charge is 2.11. The number of aromatic nitrogens is 2. The van der Waals surface area contributed by atoms with Crippen LogP contribution < -0.4 is 5.32 Å². The van der Waals surface area contributed by atoms with Crippen LogP contribution in [0.15, 0.2) is 42.7 Å². The first-order valence-electron chi connectivity index (χ1n) is 7.09. The molecular weight excluding hydrogens is 266 g/mol. The first kappa shape index (κ1) is 15.3. The molecule has 0 saturated carbocycles. The van der Waals surface area contributed by atoms with Gasteiger partial charge >= 0.3 is 0 Å². The Kier molecular flexibility index (Phi) is 5.11. The molecule has 2 N–H and O–H groups in total. The molecule has 0 aliphatic carbocycles. The number of benzene rings is 1. The molecule has 2 aromatic rings. The largest absolute Gasteiger partial charge is 0.391 e. The SMILES string of the molecule is CC(C)C(O)CNC(=O)c1ccc(Cn2cccn2)cc1. The Bertz CT molecular complexity index is 562. The van der Waals surface area contributed by atoms with Crippen molar-refractivity contribution in [3.8, 4) is 0 Å². The van der Waals surface area contributed by atoms with Gasteiger partial charge in [-0.05, 0) is 29.7 Å². The Labute approximate surface area is 124 Å². The van der Waals surface area contributed by atoms with E-state index in [9.17, 15) is 9.90 Å². The molecule has 0 fully saturated rings. The summed E-state index contributed by atoms with van der Waals surface area (Å²) in [6, 6.07) is 9.28. The summed E-state index contributed by atoms with van der Waals surface area (Å²) in [6.45, 7) is 4.79. The van der Waals surface area contributed by atoms with E-state index in [4.69, 9.17) is 0 Å². The molecule has 21 heavy (non-hydrogen) atoms. The van der Waals surface area contributed by atoms with Gasteiger partial charge in [0.15, 0.2) is 0 Å². The van der Waals surface area contributed by atoms with Crippen molar-refractivity contribution in [1.82, 2.24) is 15.1 Å². The third-order valence-electron chi connectivity index (χ3n) is 3.36. The summed E-state index contributed by atoms with van der Waals surface area (Å²) in [6.07, 6.45) is 3.11. The Morgan fingerprint density at radius 2 is 2.05 bits per heavy atom. The standard InChI is InChI=1S/C16H21N3O2/c1-12(2)15(20)10-17-16(21)14-6-4-13(5-7-14)11-19-9-3-8-18-19/h3-9,12,15,20H,10-11H2,1-2H3,(H,17,21). The van der Waals surface area contributed by atoms with Crippen LogP contribution >= 0.6 is 0 Å². The normalized spacial score (nSPS) is 12.4. The number of rotatable bonds is 6. The highest BCUT2D eigenvalue weighted by atomic mass is 16.3. The average Bonchev–Trinajstić information content (AvgIpc) is 2.98. The summed E-state index contributed by atoms with van der Waals surface area (Å²) in [7, 11) is 0. The zero-order valence-corrected chi connectivity index (χ0v) is 12.4. The number of hydrogen-bond donors (Lipinski definition) is 2. The summed E-state index contributed by atoms with van der Waals surface area (Å²) in [5.74, 6) is -0.0397. The first-order valence-corrected chi connectivity index (χ1v) is 7.09. The maximum atomic E-state index is 12.0. The van der Waals surface area contributed by atoms with Crippen LogP contribution in [0, 0.1) is 5.92 Å². The number of carbonyl (C=O) groups excluding carboxylic acids is 1. The minimum absolute atomic E-state index is 0.127. The summed E-state index contributed by atoms with van der Waals surface area (Å²) >= 11 is 0. The summed E-state index contributed by atoms with van der Waals surface area (Å²) < 4.78 is 1.83. The van der Waals surface area contributed by atoms with E-state index in [1.165, 1.54) is 0 Å². The lowest BCUT2D eigenvalue weighted by atomic mass is 10.1. The van der Waals surface area contributed by atoms with Crippen LogP contribution in [0.3, 0.4) is 0 Å². The van der Waals surface area contributed by atoms with Crippen molar-refractivity contribution in [2.45, 2.75) is 26.5 Å². The predicted molar refractivity (Wildman–Crippen MR) is 80.9 cm³/mol. The fraction of sp³-hybridized carbons (Fsp3) is 0.375. The molecule has 0 spiro atoms. The maximum Gasteiger partial charge on any atom is 0.251 e. The second-order valence-electron chi connectivity index (χ2n) is 5.42. The van der Waals surface area contributed by atoms with E-state index in [1.54, 1.807) is 18.3 Å². The number of amides is 1. The number of nitrogens with zero attached hydrogens (tertiary/aromatic N) is 2. The average molecular weight is 287 g/mol. The van der Waals surface area contributed by atoms with Crippen molar-refractivity contribution in [3.05, 3.63) is 53.9 Å². The van der Waals surface area contributed by atoms with Gasteiger partial charge in [0, 0.05) is 24.5 Å². The molecule has 1 heterocycles. The van der Waals surface area contributed by atoms with E-state index in [0.717, 1.165) is 5.56 Å². The number of nitrogens with one attached hydrogen (secondary N) is 1. The lowest BCUT2D eigenvalue weighted by Gasteiger charge is -2.15. The second kappa shape index (κ2) is 7.04. The number of aliphatic hydroxyl groups excluding tert-OH is 1. The summed E-state index contributed by atoms with van der Waals surface area (Å²) in [4.78, 5) is 12.0. The minimum Gasteiger partial charge on any atom is -0.391 e. The molecule has 1 aromatic heterocycles. The fourth-order valence-electron chi connectivity index (χ4n) is 1.88. The number of hydrogen-bond acceptors (Lipinski definition) is 3. The van der Waals surface area contributed by atoms with Gasteiger partial charge in [-0.3, -0.25) is 9.48 Å². The predicted octanol–water partition coefficient (Wildman–Crippen LogP) is 1.68. The van der Waals surface area contributed by atoms with E-state index in [0.29, 0.717) is 12.1 Å². The zero-order chi connectivity index (χ0) is 15.2. The summed E-state index contributed by atoms with van der Waals surface area (Å²) in [5, 5.41) is 16.6. The van der Waals surface area contributed by atoms with Gasteiger partial charge in [-0.15, -0.1) is 0 Å². The van der Waals surface area contributed by atoms with Gasteiger partial charge in [-0.1, -0.05) is 26.0 Å².